The molecule has 1 fully saturated rings. The van der Waals surface area contributed by atoms with Crippen LogP contribution in [-0.2, 0) is 16.2 Å². The highest BCUT2D eigenvalue weighted by molar-refractivity contribution is 7.89. The second kappa shape index (κ2) is 6.02. The SMILES string of the molecule is O=S(=O)(c1cccnc1)N1CC(Oc2ccc(C(F)(F)F)cn2)C1. The topological polar surface area (TPSA) is 72.4 Å². The lowest BCUT2D eigenvalue weighted by molar-refractivity contribution is -0.137. The summed E-state index contributed by atoms with van der Waals surface area (Å²) >= 11 is 0. The van der Waals surface area contributed by atoms with Gasteiger partial charge in [-0.15, -0.1) is 0 Å². The monoisotopic (exact) mass is 359 g/mol. The summed E-state index contributed by atoms with van der Waals surface area (Å²) in [5, 5.41) is 0. The maximum Gasteiger partial charge on any atom is 0.417 e. The van der Waals surface area contributed by atoms with Crippen LogP contribution in [0.2, 0.25) is 0 Å². The van der Waals surface area contributed by atoms with Crippen LogP contribution in [0.4, 0.5) is 13.2 Å². The van der Waals surface area contributed by atoms with E-state index in [0.29, 0.717) is 6.20 Å². The van der Waals surface area contributed by atoms with Gasteiger partial charge in [0.1, 0.15) is 11.0 Å². The first kappa shape index (κ1) is 16.7. The van der Waals surface area contributed by atoms with Gasteiger partial charge in [0.2, 0.25) is 15.9 Å². The molecule has 0 aromatic carbocycles. The third-order valence-corrected chi connectivity index (χ3v) is 5.25. The second-order valence-electron chi connectivity index (χ2n) is 5.13. The molecule has 0 saturated carbocycles. The molecule has 10 heteroatoms. The molecular formula is C14H12F3N3O3S. The average Bonchev–Trinajstić information content (AvgIpc) is 2.51. The third-order valence-electron chi connectivity index (χ3n) is 3.44. The number of hydrogen-bond donors (Lipinski definition) is 0. The van der Waals surface area contributed by atoms with Gasteiger partial charge in [0, 0.05) is 24.7 Å². The largest absolute Gasteiger partial charge is 0.472 e. The zero-order valence-corrected chi connectivity index (χ0v) is 13.0. The summed E-state index contributed by atoms with van der Waals surface area (Å²) in [4.78, 5) is 7.44. The van der Waals surface area contributed by atoms with Crippen molar-refractivity contribution >= 4 is 10.0 Å². The first-order chi connectivity index (χ1) is 11.3. The predicted octanol–water partition coefficient (Wildman–Crippen LogP) is 1.95. The number of nitrogens with zero attached hydrogens (tertiary/aromatic N) is 3. The molecule has 2 aromatic heterocycles. The number of pyridine rings is 2. The minimum Gasteiger partial charge on any atom is -0.472 e. The minimum atomic E-state index is -4.46. The van der Waals surface area contributed by atoms with E-state index >= 15 is 0 Å². The van der Waals surface area contributed by atoms with E-state index in [2.05, 4.69) is 9.97 Å². The molecule has 0 atom stereocenters. The highest BCUT2D eigenvalue weighted by atomic mass is 32.2. The van der Waals surface area contributed by atoms with Gasteiger partial charge in [0.05, 0.1) is 18.7 Å². The highest BCUT2D eigenvalue weighted by Crippen LogP contribution is 2.30. The van der Waals surface area contributed by atoms with Crippen molar-refractivity contribution in [3.05, 3.63) is 48.4 Å². The number of sulfonamides is 1. The van der Waals surface area contributed by atoms with Crippen molar-refractivity contribution < 1.29 is 26.3 Å². The van der Waals surface area contributed by atoms with Gasteiger partial charge in [0.15, 0.2) is 0 Å². The lowest BCUT2D eigenvalue weighted by atomic mass is 10.2. The molecular weight excluding hydrogens is 347 g/mol. The number of ether oxygens (including phenoxy) is 1. The van der Waals surface area contributed by atoms with E-state index in [9.17, 15) is 21.6 Å². The Morgan fingerprint density at radius 1 is 1.17 bits per heavy atom. The van der Waals surface area contributed by atoms with Crippen LogP contribution in [0.1, 0.15) is 5.56 Å². The van der Waals surface area contributed by atoms with E-state index in [0.717, 1.165) is 12.1 Å². The summed E-state index contributed by atoms with van der Waals surface area (Å²) in [5.41, 5.74) is -0.871. The Hall–Kier alpha value is -2.20. The average molecular weight is 359 g/mol. The quantitative estimate of drug-likeness (QED) is 0.834. The first-order valence-electron chi connectivity index (χ1n) is 6.87. The maximum absolute atomic E-state index is 12.4. The van der Waals surface area contributed by atoms with E-state index in [1.54, 1.807) is 0 Å². The Morgan fingerprint density at radius 2 is 1.92 bits per heavy atom. The summed E-state index contributed by atoms with van der Waals surface area (Å²) in [6, 6.07) is 4.94. The summed E-state index contributed by atoms with van der Waals surface area (Å²) < 4.78 is 68.4. The molecule has 2 aromatic rings. The van der Waals surface area contributed by atoms with Gasteiger partial charge in [-0.05, 0) is 18.2 Å². The van der Waals surface area contributed by atoms with E-state index in [-0.39, 0.29) is 23.9 Å². The van der Waals surface area contributed by atoms with Crippen LogP contribution < -0.4 is 4.74 Å². The van der Waals surface area contributed by atoms with Crippen molar-refractivity contribution in [2.24, 2.45) is 0 Å². The summed E-state index contributed by atoms with van der Waals surface area (Å²) in [5.74, 6) is 0.0198. The number of aromatic nitrogens is 2. The number of rotatable bonds is 4. The van der Waals surface area contributed by atoms with Crippen LogP contribution in [0.5, 0.6) is 5.88 Å². The molecule has 0 spiro atoms. The van der Waals surface area contributed by atoms with Crippen LogP contribution in [-0.4, -0.2) is 41.9 Å². The Balaban J connectivity index is 1.59. The molecule has 1 aliphatic heterocycles. The van der Waals surface area contributed by atoms with Gasteiger partial charge in [0.25, 0.3) is 0 Å². The molecule has 1 saturated heterocycles. The fourth-order valence-corrected chi connectivity index (χ4v) is 3.58. The van der Waals surface area contributed by atoms with Crippen LogP contribution in [0.15, 0.2) is 47.8 Å². The van der Waals surface area contributed by atoms with Crippen molar-refractivity contribution in [2.45, 2.75) is 17.2 Å². The van der Waals surface area contributed by atoms with Crippen molar-refractivity contribution in [1.29, 1.82) is 0 Å². The van der Waals surface area contributed by atoms with Crippen LogP contribution >= 0.6 is 0 Å². The molecule has 128 valence electrons. The van der Waals surface area contributed by atoms with E-state index < -0.39 is 27.9 Å². The molecule has 1 aliphatic rings. The highest BCUT2D eigenvalue weighted by Gasteiger charge is 2.38. The van der Waals surface area contributed by atoms with Crippen molar-refractivity contribution in [2.75, 3.05) is 13.1 Å². The Labute approximate surface area is 136 Å². The first-order valence-corrected chi connectivity index (χ1v) is 8.31. The van der Waals surface area contributed by atoms with Gasteiger partial charge in [-0.25, -0.2) is 13.4 Å². The molecule has 0 unspecified atom stereocenters. The Bertz CT molecular complexity index is 805. The number of halogens is 3. The molecule has 3 rings (SSSR count). The molecule has 6 nitrogen and oxygen atoms in total. The second-order valence-corrected chi connectivity index (χ2v) is 7.07. The molecule has 0 N–H and O–H groups in total. The van der Waals surface area contributed by atoms with Crippen LogP contribution in [0.25, 0.3) is 0 Å². The smallest absolute Gasteiger partial charge is 0.417 e. The standard InChI is InChI=1S/C14H12F3N3O3S/c15-14(16,17)10-3-4-13(19-6-10)23-11-8-20(9-11)24(21,22)12-2-1-5-18-7-12/h1-7,11H,8-9H2. The maximum atomic E-state index is 12.4. The van der Waals surface area contributed by atoms with Crippen molar-refractivity contribution in [3.63, 3.8) is 0 Å². The lowest BCUT2D eigenvalue weighted by Gasteiger charge is -2.37. The summed E-state index contributed by atoms with van der Waals surface area (Å²) in [7, 11) is -3.63. The number of alkyl halides is 3. The van der Waals surface area contributed by atoms with Gasteiger partial charge < -0.3 is 4.74 Å². The lowest BCUT2D eigenvalue weighted by Crippen LogP contribution is -2.56. The van der Waals surface area contributed by atoms with E-state index in [1.165, 1.54) is 28.8 Å². The molecule has 0 bridgehead atoms. The Morgan fingerprint density at radius 3 is 2.46 bits per heavy atom. The summed E-state index contributed by atoms with van der Waals surface area (Å²) in [6.45, 7) is 0.194. The zero-order valence-electron chi connectivity index (χ0n) is 12.1. The molecule has 3 heterocycles. The fourth-order valence-electron chi connectivity index (χ4n) is 2.11. The molecule has 0 radical (unpaired) electrons. The third kappa shape index (κ3) is 3.34. The predicted molar refractivity (Wildman–Crippen MR) is 76.7 cm³/mol. The minimum absolute atomic E-state index is 0.0198. The van der Waals surface area contributed by atoms with Gasteiger partial charge in [-0.3, -0.25) is 4.98 Å². The van der Waals surface area contributed by atoms with Gasteiger partial charge in [-0.1, -0.05) is 0 Å². The summed E-state index contributed by atoms with van der Waals surface area (Å²) in [6.07, 6.45) is -1.52. The fraction of sp³-hybridized carbons (Fsp3) is 0.286. The van der Waals surface area contributed by atoms with Crippen LogP contribution in [0, 0.1) is 0 Å². The molecule has 0 aliphatic carbocycles. The van der Waals surface area contributed by atoms with Crippen molar-refractivity contribution in [3.8, 4) is 5.88 Å². The van der Waals surface area contributed by atoms with Gasteiger partial charge >= 0.3 is 6.18 Å². The molecule has 0 amide bonds. The van der Waals surface area contributed by atoms with Gasteiger partial charge in [-0.2, -0.15) is 17.5 Å². The van der Waals surface area contributed by atoms with E-state index in [4.69, 9.17) is 4.74 Å². The number of hydrogen-bond acceptors (Lipinski definition) is 5. The van der Waals surface area contributed by atoms with Crippen LogP contribution in [0.3, 0.4) is 0 Å². The van der Waals surface area contributed by atoms with Crippen molar-refractivity contribution in [1.82, 2.24) is 14.3 Å². The Kier molecular flexibility index (Phi) is 4.18. The zero-order chi connectivity index (χ0) is 17.4. The van der Waals surface area contributed by atoms with E-state index in [1.807, 2.05) is 0 Å². The molecule has 24 heavy (non-hydrogen) atoms. The normalized spacial score (nSPS) is 16.6.